The summed E-state index contributed by atoms with van der Waals surface area (Å²) in [5.41, 5.74) is 1.96. The molecule has 0 N–H and O–H groups in total. The van der Waals surface area contributed by atoms with E-state index in [-0.39, 0.29) is 18.1 Å². The first-order chi connectivity index (χ1) is 10.2. The van der Waals surface area contributed by atoms with Crippen LogP contribution in [0.3, 0.4) is 0 Å². The lowest BCUT2D eigenvalue weighted by atomic mass is 9.79. The van der Waals surface area contributed by atoms with E-state index in [0.29, 0.717) is 12.5 Å². The molecular formula is C19H27NO2. The number of nitrogens with zero attached hydrogens (tertiary/aromatic N) is 1. The van der Waals surface area contributed by atoms with Gasteiger partial charge in [0, 0.05) is 18.5 Å². The quantitative estimate of drug-likeness (QED) is 0.739. The van der Waals surface area contributed by atoms with Gasteiger partial charge in [0.25, 0.3) is 0 Å². The van der Waals surface area contributed by atoms with E-state index in [1.54, 1.807) is 0 Å². The molecule has 0 saturated carbocycles. The summed E-state index contributed by atoms with van der Waals surface area (Å²) in [5, 5.41) is 0. The van der Waals surface area contributed by atoms with Crippen molar-refractivity contribution >= 4 is 6.09 Å². The van der Waals surface area contributed by atoms with Crippen LogP contribution in [0.25, 0.3) is 0 Å². The minimum Gasteiger partial charge on any atom is -0.444 e. The Morgan fingerprint density at radius 1 is 1.36 bits per heavy atom. The second-order valence-corrected chi connectivity index (χ2v) is 7.30. The number of ether oxygens (including phenoxy) is 1. The van der Waals surface area contributed by atoms with Gasteiger partial charge in [-0.25, -0.2) is 4.79 Å². The lowest BCUT2D eigenvalue weighted by molar-refractivity contribution is 0.00409. The Bertz CT molecular complexity index is 557. The van der Waals surface area contributed by atoms with E-state index in [2.05, 4.69) is 38.6 Å². The van der Waals surface area contributed by atoms with E-state index >= 15 is 0 Å². The van der Waals surface area contributed by atoms with Crippen LogP contribution in [0.1, 0.15) is 51.7 Å². The van der Waals surface area contributed by atoms with E-state index in [1.165, 1.54) is 11.1 Å². The summed E-state index contributed by atoms with van der Waals surface area (Å²) in [6, 6.07) is 8.36. The molecule has 1 aromatic carbocycles. The summed E-state index contributed by atoms with van der Waals surface area (Å²) in [4.78, 5) is 14.5. The number of carbonyl (C=O) groups excluding carboxylic acids is 1. The first kappa shape index (κ1) is 16.6. The summed E-state index contributed by atoms with van der Waals surface area (Å²) < 4.78 is 5.62. The van der Waals surface area contributed by atoms with Gasteiger partial charge in [0.05, 0.1) is 0 Å². The molecule has 0 bridgehead atoms. The molecular weight excluding hydrogens is 274 g/mol. The monoisotopic (exact) mass is 301 g/mol. The Morgan fingerprint density at radius 3 is 2.55 bits per heavy atom. The zero-order chi connectivity index (χ0) is 16.5. The SMILES string of the molecule is C=C[C@H]1c2ccccc2CN(C(=O)OC(C)(C)C)[C@H]1C(C)C. The molecule has 2 rings (SSSR count). The van der Waals surface area contributed by atoms with Crippen LogP contribution in [0.5, 0.6) is 0 Å². The van der Waals surface area contributed by atoms with Crippen molar-refractivity contribution in [3.05, 3.63) is 48.0 Å². The number of amides is 1. The smallest absolute Gasteiger partial charge is 0.410 e. The van der Waals surface area contributed by atoms with Crippen molar-refractivity contribution in [2.75, 3.05) is 0 Å². The zero-order valence-electron chi connectivity index (χ0n) is 14.3. The molecule has 0 aliphatic carbocycles. The highest BCUT2D eigenvalue weighted by molar-refractivity contribution is 5.69. The van der Waals surface area contributed by atoms with Gasteiger partial charge < -0.3 is 4.74 Å². The largest absolute Gasteiger partial charge is 0.444 e. The van der Waals surface area contributed by atoms with E-state index in [1.807, 2.05) is 37.8 Å². The molecule has 120 valence electrons. The third-order valence-corrected chi connectivity index (χ3v) is 4.05. The summed E-state index contributed by atoms with van der Waals surface area (Å²) in [5.74, 6) is 0.460. The minimum absolute atomic E-state index is 0.0715. The molecule has 22 heavy (non-hydrogen) atoms. The van der Waals surface area contributed by atoms with Crippen molar-refractivity contribution in [3.63, 3.8) is 0 Å². The first-order valence-electron chi connectivity index (χ1n) is 7.94. The van der Waals surface area contributed by atoms with E-state index in [9.17, 15) is 4.79 Å². The van der Waals surface area contributed by atoms with Crippen LogP contribution in [-0.2, 0) is 11.3 Å². The van der Waals surface area contributed by atoms with Gasteiger partial charge in [0.2, 0.25) is 0 Å². The van der Waals surface area contributed by atoms with Crippen LogP contribution in [0.2, 0.25) is 0 Å². The van der Waals surface area contributed by atoms with Crippen molar-refractivity contribution in [3.8, 4) is 0 Å². The average Bonchev–Trinajstić information content (AvgIpc) is 2.43. The predicted octanol–water partition coefficient (Wildman–Crippen LogP) is 4.73. The number of hydrogen-bond acceptors (Lipinski definition) is 2. The molecule has 0 saturated heterocycles. The minimum atomic E-state index is -0.487. The second kappa shape index (κ2) is 6.15. The highest BCUT2D eigenvalue weighted by Gasteiger charge is 2.39. The fourth-order valence-corrected chi connectivity index (χ4v) is 3.22. The molecule has 3 nitrogen and oxygen atoms in total. The van der Waals surface area contributed by atoms with Gasteiger partial charge in [0.1, 0.15) is 5.60 Å². The lowest BCUT2D eigenvalue weighted by Crippen LogP contribution is -2.50. The van der Waals surface area contributed by atoms with Crippen molar-refractivity contribution in [2.24, 2.45) is 5.92 Å². The van der Waals surface area contributed by atoms with Crippen LogP contribution in [-0.4, -0.2) is 22.6 Å². The highest BCUT2D eigenvalue weighted by atomic mass is 16.6. The third-order valence-electron chi connectivity index (χ3n) is 4.05. The fraction of sp³-hybridized carbons (Fsp3) is 0.526. The molecule has 0 fully saturated rings. The maximum absolute atomic E-state index is 12.7. The van der Waals surface area contributed by atoms with Gasteiger partial charge in [-0.15, -0.1) is 6.58 Å². The van der Waals surface area contributed by atoms with Crippen molar-refractivity contribution in [1.82, 2.24) is 4.90 Å². The number of hydrogen-bond donors (Lipinski definition) is 0. The summed E-state index contributed by atoms with van der Waals surface area (Å²) in [6.45, 7) is 14.6. The van der Waals surface area contributed by atoms with Gasteiger partial charge in [-0.05, 0) is 37.8 Å². The molecule has 0 spiro atoms. The maximum Gasteiger partial charge on any atom is 0.410 e. The number of carbonyl (C=O) groups is 1. The average molecular weight is 301 g/mol. The third kappa shape index (κ3) is 3.34. The second-order valence-electron chi connectivity index (χ2n) is 7.30. The molecule has 0 unspecified atom stereocenters. The van der Waals surface area contributed by atoms with Gasteiger partial charge in [-0.1, -0.05) is 44.2 Å². The Balaban J connectivity index is 2.41. The highest BCUT2D eigenvalue weighted by Crippen LogP contribution is 2.38. The van der Waals surface area contributed by atoms with E-state index < -0.39 is 5.60 Å². The molecule has 0 aromatic heterocycles. The Morgan fingerprint density at radius 2 is 2.00 bits per heavy atom. The standard InChI is InChI=1S/C19H27NO2/c1-7-15-16-11-9-8-10-14(16)12-20(17(15)13(2)3)18(21)22-19(4,5)6/h7-11,13,15,17H,1,12H2,2-6H3/t15-,17-/m0/s1. The zero-order valence-corrected chi connectivity index (χ0v) is 14.3. The molecule has 3 heteroatoms. The van der Waals surface area contributed by atoms with Crippen LogP contribution in [0.15, 0.2) is 36.9 Å². The maximum atomic E-state index is 12.7. The summed E-state index contributed by atoms with van der Waals surface area (Å²) in [6.07, 6.45) is 1.72. The number of rotatable bonds is 2. The van der Waals surface area contributed by atoms with Crippen molar-refractivity contribution < 1.29 is 9.53 Å². The molecule has 0 radical (unpaired) electrons. The Hall–Kier alpha value is -1.77. The molecule has 1 aliphatic heterocycles. The molecule has 1 amide bonds. The van der Waals surface area contributed by atoms with Gasteiger partial charge >= 0.3 is 6.09 Å². The van der Waals surface area contributed by atoms with Crippen LogP contribution >= 0.6 is 0 Å². The normalized spacial score (nSPS) is 21.5. The lowest BCUT2D eigenvalue weighted by Gasteiger charge is -2.43. The Labute approximate surface area is 134 Å². The Kier molecular flexibility index (Phi) is 4.64. The molecule has 1 aromatic rings. The van der Waals surface area contributed by atoms with Crippen LogP contribution in [0.4, 0.5) is 4.79 Å². The van der Waals surface area contributed by atoms with Crippen LogP contribution < -0.4 is 0 Å². The van der Waals surface area contributed by atoms with Gasteiger partial charge in [0.15, 0.2) is 0 Å². The fourth-order valence-electron chi connectivity index (χ4n) is 3.22. The first-order valence-corrected chi connectivity index (χ1v) is 7.94. The van der Waals surface area contributed by atoms with Gasteiger partial charge in [-0.2, -0.15) is 0 Å². The van der Waals surface area contributed by atoms with Crippen molar-refractivity contribution in [1.29, 1.82) is 0 Å². The molecule has 1 heterocycles. The number of fused-ring (bicyclic) bond motifs is 1. The summed E-state index contributed by atoms with van der Waals surface area (Å²) in [7, 11) is 0. The molecule has 2 atom stereocenters. The topological polar surface area (TPSA) is 29.5 Å². The predicted molar refractivity (Wildman–Crippen MR) is 89.8 cm³/mol. The van der Waals surface area contributed by atoms with Gasteiger partial charge in [-0.3, -0.25) is 4.90 Å². The molecule has 1 aliphatic rings. The number of benzene rings is 1. The van der Waals surface area contributed by atoms with E-state index in [4.69, 9.17) is 4.74 Å². The van der Waals surface area contributed by atoms with Crippen molar-refractivity contribution in [2.45, 2.75) is 58.7 Å². The van der Waals surface area contributed by atoms with Crippen LogP contribution in [0, 0.1) is 5.92 Å². The van der Waals surface area contributed by atoms with E-state index in [0.717, 1.165) is 0 Å². The summed E-state index contributed by atoms with van der Waals surface area (Å²) >= 11 is 0.